The highest BCUT2D eigenvalue weighted by molar-refractivity contribution is 5.71. The molecule has 246 valence electrons. The smallest absolute Gasteiger partial charge is 0.312 e. The highest BCUT2D eigenvalue weighted by Crippen LogP contribution is 2.25. The molecule has 0 bridgehead atoms. The predicted molar refractivity (Wildman–Crippen MR) is 173 cm³/mol. The van der Waals surface area contributed by atoms with Gasteiger partial charge in [-0.3, -0.25) is 14.4 Å². The Hall–Kier alpha value is -1.89. The quantitative estimate of drug-likeness (QED) is 0.0433. The summed E-state index contributed by atoms with van der Waals surface area (Å²) in [5, 5.41) is 29.5. The van der Waals surface area contributed by atoms with Gasteiger partial charge in [-0.1, -0.05) is 104 Å². The van der Waals surface area contributed by atoms with Crippen molar-refractivity contribution in [3.8, 4) is 0 Å². The van der Waals surface area contributed by atoms with E-state index in [9.17, 15) is 29.7 Å². The fraction of sp³-hybridized carbons (Fsp3) is 0.857. The van der Waals surface area contributed by atoms with Crippen LogP contribution in [-0.2, 0) is 14.4 Å². The third-order valence-electron chi connectivity index (χ3n) is 8.99. The van der Waals surface area contributed by atoms with Gasteiger partial charge >= 0.3 is 17.9 Å². The number of unbranched alkanes of at least 4 members (excludes halogenated alkanes) is 14. The molecule has 0 aromatic carbocycles. The Bertz CT molecular complexity index is 677. The van der Waals surface area contributed by atoms with Crippen LogP contribution in [0.2, 0.25) is 0 Å². The Morgan fingerprint density at radius 3 is 1.12 bits per heavy atom. The van der Waals surface area contributed by atoms with E-state index in [0.717, 1.165) is 19.3 Å². The second-order valence-corrected chi connectivity index (χ2v) is 12.6. The number of allylic oxidation sites excluding steroid dienone is 2. The monoisotopic (exact) mass is 596 g/mol. The molecule has 0 rings (SSSR count). The van der Waals surface area contributed by atoms with E-state index in [1.165, 1.54) is 83.5 Å². The Labute approximate surface area is 257 Å². The molecule has 3 atom stereocenters. The normalized spacial score (nSPS) is 15.3. The number of carbonyl (C=O) groups is 3. The first-order chi connectivity index (χ1) is 20.2. The average molecular weight is 597 g/mol. The van der Waals surface area contributed by atoms with Crippen molar-refractivity contribution >= 4 is 17.9 Å². The van der Waals surface area contributed by atoms with Gasteiger partial charge in [0.15, 0.2) is 0 Å². The van der Waals surface area contributed by atoms with Gasteiger partial charge in [-0.05, 0) is 57.8 Å². The van der Waals surface area contributed by atoms with Crippen LogP contribution in [0.5, 0.6) is 0 Å². The van der Waals surface area contributed by atoms with Crippen LogP contribution >= 0.6 is 0 Å². The molecule has 0 saturated carbocycles. The molecule has 0 aliphatic carbocycles. The molecule has 0 saturated heterocycles. The molecule has 0 fully saturated rings. The highest BCUT2D eigenvalue weighted by Gasteiger charge is 2.40. The van der Waals surface area contributed by atoms with Crippen LogP contribution in [0, 0.1) is 17.8 Å². The molecule has 0 spiro atoms. The largest absolute Gasteiger partial charge is 0.481 e. The summed E-state index contributed by atoms with van der Waals surface area (Å²) in [5.74, 6) is -4.52. The van der Waals surface area contributed by atoms with Crippen LogP contribution in [0.1, 0.15) is 150 Å². The number of carboxylic acid groups (broad SMARTS) is 3. The fourth-order valence-electron chi connectivity index (χ4n) is 6.09. The summed E-state index contributed by atoms with van der Waals surface area (Å²) in [6.45, 7) is 9.25. The number of hydrogen-bond donors (Lipinski definition) is 3. The van der Waals surface area contributed by atoms with Crippen LogP contribution < -0.4 is 0 Å². The number of rotatable bonds is 30. The maximum absolute atomic E-state index is 12.0. The zero-order chi connectivity index (χ0) is 31.6. The van der Waals surface area contributed by atoms with Gasteiger partial charge in [0.1, 0.15) is 17.8 Å². The Kier molecular flexibility index (Phi) is 24.4. The molecule has 0 aliphatic heterocycles. The topological polar surface area (TPSA) is 112 Å². The van der Waals surface area contributed by atoms with Crippen molar-refractivity contribution in [2.24, 2.45) is 17.8 Å². The van der Waals surface area contributed by atoms with Crippen LogP contribution in [-0.4, -0.2) is 63.9 Å². The van der Waals surface area contributed by atoms with Gasteiger partial charge in [-0.25, -0.2) is 0 Å². The molecule has 3 N–H and O–H groups in total. The van der Waals surface area contributed by atoms with Crippen LogP contribution in [0.25, 0.3) is 0 Å². The summed E-state index contributed by atoms with van der Waals surface area (Å²) >= 11 is 0. The molecular formula is C35H66NO6+. The number of hydrogen-bond acceptors (Lipinski definition) is 3. The maximum Gasteiger partial charge on any atom is 0.312 e. The molecule has 0 amide bonds. The summed E-state index contributed by atoms with van der Waals surface area (Å²) in [4.78, 5) is 35.9. The minimum absolute atomic E-state index is 0.257. The van der Waals surface area contributed by atoms with Crippen molar-refractivity contribution in [1.82, 2.24) is 0 Å². The van der Waals surface area contributed by atoms with Crippen molar-refractivity contribution in [1.29, 1.82) is 0 Å². The van der Waals surface area contributed by atoms with E-state index in [0.29, 0.717) is 25.8 Å². The van der Waals surface area contributed by atoms with Crippen LogP contribution in [0.15, 0.2) is 12.2 Å². The molecule has 7 heteroatoms. The first kappa shape index (κ1) is 40.1. The van der Waals surface area contributed by atoms with Gasteiger partial charge in [0.05, 0.1) is 26.2 Å². The molecule has 0 aromatic heterocycles. The molecule has 42 heavy (non-hydrogen) atoms. The first-order valence-electron chi connectivity index (χ1n) is 17.3. The van der Waals surface area contributed by atoms with Gasteiger partial charge in [-0.15, -0.1) is 0 Å². The van der Waals surface area contributed by atoms with Gasteiger partial charge in [-0.2, -0.15) is 0 Å². The third kappa shape index (κ3) is 19.3. The standard InChI is InChI=1S/C35H65NO6/c1-5-9-10-11-12-13-14-15-16-17-18-19-20-21-22-23-24-25-26-36(27-30(6-2)33(37)38,28-31(7-3)34(39)40)29-32(8-4)35(41)42/h15-16,30-32H,5-14,17-29H2,1-4H3,(H2-,37,38,39,40,41,42)/p+1/b16-15+. The van der Waals surface area contributed by atoms with E-state index in [4.69, 9.17) is 0 Å². The van der Waals surface area contributed by atoms with Crippen molar-refractivity contribution in [3.05, 3.63) is 12.2 Å². The molecule has 0 aromatic rings. The minimum Gasteiger partial charge on any atom is -0.481 e. The molecule has 3 unspecified atom stereocenters. The van der Waals surface area contributed by atoms with Gasteiger partial charge < -0.3 is 19.8 Å². The number of aliphatic carboxylic acids is 3. The van der Waals surface area contributed by atoms with Gasteiger partial charge in [0.25, 0.3) is 0 Å². The number of carboxylic acids is 3. The molecule has 7 nitrogen and oxygen atoms in total. The lowest BCUT2D eigenvalue weighted by molar-refractivity contribution is -0.935. The molecule has 0 radical (unpaired) electrons. The lowest BCUT2D eigenvalue weighted by Crippen LogP contribution is -2.58. The Morgan fingerprint density at radius 1 is 0.500 bits per heavy atom. The second kappa shape index (κ2) is 25.6. The predicted octanol–water partition coefficient (Wildman–Crippen LogP) is 8.95. The van der Waals surface area contributed by atoms with Crippen LogP contribution in [0.4, 0.5) is 0 Å². The Morgan fingerprint density at radius 2 is 0.810 bits per heavy atom. The summed E-state index contributed by atoms with van der Waals surface area (Å²) < 4.78 is 0.257. The summed E-state index contributed by atoms with van der Waals surface area (Å²) in [6.07, 6.45) is 25.6. The molecular weight excluding hydrogens is 530 g/mol. The lowest BCUT2D eigenvalue weighted by Gasteiger charge is -2.43. The third-order valence-corrected chi connectivity index (χ3v) is 8.99. The van der Waals surface area contributed by atoms with Crippen molar-refractivity contribution in [2.45, 2.75) is 150 Å². The zero-order valence-electron chi connectivity index (χ0n) is 27.7. The van der Waals surface area contributed by atoms with E-state index in [2.05, 4.69) is 19.1 Å². The van der Waals surface area contributed by atoms with Gasteiger partial charge in [0.2, 0.25) is 0 Å². The number of quaternary nitrogens is 1. The van der Waals surface area contributed by atoms with E-state index in [-0.39, 0.29) is 24.1 Å². The SMILES string of the molecule is CCCCCCCC/C=C/CCCCCCCCCC[N+](CC(CC)C(=O)O)(CC(CC)C(=O)O)CC(CC)C(=O)O. The summed E-state index contributed by atoms with van der Waals surface area (Å²) in [6, 6.07) is 0. The van der Waals surface area contributed by atoms with Crippen molar-refractivity contribution in [3.63, 3.8) is 0 Å². The Balaban J connectivity index is 4.72. The van der Waals surface area contributed by atoms with Crippen LogP contribution in [0.3, 0.4) is 0 Å². The average Bonchev–Trinajstić information content (AvgIpc) is 2.96. The molecule has 0 heterocycles. The van der Waals surface area contributed by atoms with Crippen molar-refractivity contribution < 1.29 is 34.2 Å². The minimum atomic E-state index is -0.889. The molecule has 0 aliphatic rings. The summed E-state index contributed by atoms with van der Waals surface area (Å²) in [5.41, 5.74) is 0. The first-order valence-corrected chi connectivity index (χ1v) is 17.3. The highest BCUT2D eigenvalue weighted by atomic mass is 16.4. The second-order valence-electron chi connectivity index (χ2n) is 12.6. The van der Waals surface area contributed by atoms with E-state index >= 15 is 0 Å². The van der Waals surface area contributed by atoms with Gasteiger partial charge in [0, 0.05) is 0 Å². The maximum atomic E-state index is 12.0. The lowest BCUT2D eigenvalue weighted by atomic mass is 9.95. The van der Waals surface area contributed by atoms with E-state index in [1.54, 1.807) is 0 Å². The van der Waals surface area contributed by atoms with E-state index < -0.39 is 35.7 Å². The fourth-order valence-corrected chi connectivity index (χ4v) is 6.09. The zero-order valence-corrected chi connectivity index (χ0v) is 27.7. The van der Waals surface area contributed by atoms with E-state index in [1.807, 2.05) is 20.8 Å². The van der Waals surface area contributed by atoms with Crippen molar-refractivity contribution in [2.75, 3.05) is 26.2 Å². The summed E-state index contributed by atoms with van der Waals surface area (Å²) in [7, 11) is 0. The number of nitrogens with zero attached hydrogens (tertiary/aromatic N) is 1.